The van der Waals surface area contributed by atoms with Crippen LogP contribution in [0.2, 0.25) is 0 Å². The highest BCUT2D eigenvalue weighted by Gasteiger charge is 2.20. The second-order valence-corrected chi connectivity index (χ2v) is 6.76. The quantitative estimate of drug-likeness (QED) is 0.520. The molecule has 0 fully saturated rings. The molecule has 0 spiro atoms. The van der Waals surface area contributed by atoms with Crippen LogP contribution in [-0.2, 0) is 4.79 Å². The van der Waals surface area contributed by atoms with Gasteiger partial charge in [-0.05, 0) is 58.5 Å². The number of rotatable bonds is 6. The number of carboxylic acid groups (broad SMARTS) is 1. The number of carbonyl (C=O) groups is 1. The molecule has 28 heavy (non-hydrogen) atoms. The summed E-state index contributed by atoms with van der Waals surface area (Å²) in [5, 5.41) is 28.9. The number of carboxylic acids is 1. The number of hydrogen-bond donors (Lipinski definition) is 3. The first-order valence-electron chi connectivity index (χ1n) is 9.06. The van der Waals surface area contributed by atoms with E-state index in [1.165, 1.54) is 0 Å². The van der Waals surface area contributed by atoms with Gasteiger partial charge in [-0.1, -0.05) is 61.5 Å². The monoisotopic (exact) mass is 374 g/mol. The Labute approximate surface area is 164 Å². The smallest absolute Gasteiger partial charge is 0.306 e. The first-order valence-corrected chi connectivity index (χ1v) is 9.06. The molecule has 0 bridgehead atoms. The fraction of sp³-hybridized carbons (Fsp3) is 0.125. The van der Waals surface area contributed by atoms with Crippen LogP contribution in [-0.4, -0.2) is 21.3 Å². The summed E-state index contributed by atoms with van der Waals surface area (Å²) >= 11 is 0. The SMILES string of the molecule is CC(CC(=C(c1ccc(O)cc1)c1ccc(O)cc1)c1ccccc1)C(=O)O. The zero-order valence-electron chi connectivity index (χ0n) is 15.5. The van der Waals surface area contributed by atoms with Crippen molar-refractivity contribution in [1.29, 1.82) is 0 Å². The molecule has 0 aliphatic carbocycles. The predicted molar refractivity (Wildman–Crippen MR) is 110 cm³/mol. The third-order valence-electron chi connectivity index (χ3n) is 4.67. The van der Waals surface area contributed by atoms with Gasteiger partial charge in [0.1, 0.15) is 11.5 Å². The molecule has 0 aliphatic heterocycles. The molecule has 0 saturated carbocycles. The minimum absolute atomic E-state index is 0.161. The zero-order chi connectivity index (χ0) is 20.1. The minimum Gasteiger partial charge on any atom is -0.508 e. The molecule has 3 aromatic carbocycles. The maximum atomic E-state index is 11.6. The van der Waals surface area contributed by atoms with Crippen LogP contribution < -0.4 is 0 Å². The standard InChI is InChI=1S/C24H22O4/c1-16(24(27)28)15-22(17-5-3-2-4-6-17)23(18-7-11-20(25)12-8-18)19-9-13-21(26)14-10-19/h2-14,16,25-26H,15H2,1H3,(H,27,28). The average molecular weight is 374 g/mol. The van der Waals surface area contributed by atoms with E-state index in [0.29, 0.717) is 6.42 Å². The van der Waals surface area contributed by atoms with E-state index in [-0.39, 0.29) is 11.5 Å². The van der Waals surface area contributed by atoms with Crippen molar-refractivity contribution in [1.82, 2.24) is 0 Å². The normalized spacial score (nSPS) is 11.6. The summed E-state index contributed by atoms with van der Waals surface area (Å²) in [5.41, 5.74) is 4.43. The summed E-state index contributed by atoms with van der Waals surface area (Å²) in [6.07, 6.45) is 0.344. The highest BCUT2D eigenvalue weighted by Crippen LogP contribution is 2.37. The Morgan fingerprint density at radius 3 is 1.64 bits per heavy atom. The Morgan fingerprint density at radius 2 is 1.21 bits per heavy atom. The number of hydrogen-bond acceptors (Lipinski definition) is 3. The van der Waals surface area contributed by atoms with E-state index in [1.807, 2.05) is 54.6 Å². The average Bonchev–Trinajstić information content (AvgIpc) is 2.70. The molecule has 142 valence electrons. The van der Waals surface area contributed by atoms with Crippen LogP contribution in [0.25, 0.3) is 11.1 Å². The fourth-order valence-corrected chi connectivity index (χ4v) is 3.17. The van der Waals surface area contributed by atoms with Crippen LogP contribution in [0.3, 0.4) is 0 Å². The van der Waals surface area contributed by atoms with Crippen molar-refractivity contribution in [2.24, 2.45) is 5.92 Å². The van der Waals surface area contributed by atoms with Gasteiger partial charge in [-0.25, -0.2) is 0 Å². The van der Waals surface area contributed by atoms with Gasteiger partial charge in [0.15, 0.2) is 0 Å². The topological polar surface area (TPSA) is 77.8 Å². The largest absolute Gasteiger partial charge is 0.508 e. The van der Waals surface area contributed by atoms with Crippen LogP contribution in [0.15, 0.2) is 78.9 Å². The van der Waals surface area contributed by atoms with E-state index in [9.17, 15) is 20.1 Å². The van der Waals surface area contributed by atoms with Crippen LogP contribution in [0.5, 0.6) is 11.5 Å². The molecule has 3 aromatic rings. The van der Waals surface area contributed by atoms with Gasteiger partial charge in [-0.3, -0.25) is 4.79 Å². The molecule has 4 heteroatoms. The zero-order valence-corrected chi connectivity index (χ0v) is 15.5. The number of phenolic OH excluding ortho intramolecular Hbond substituents is 2. The Balaban J connectivity index is 2.29. The molecular formula is C24H22O4. The van der Waals surface area contributed by atoms with Crippen LogP contribution in [0.4, 0.5) is 0 Å². The van der Waals surface area contributed by atoms with Crippen molar-refractivity contribution in [2.45, 2.75) is 13.3 Å². The van der Waals surface area contributed by atoms with Gasteiger partial charge in [0.2, 0.25) is 0 Å². The van der Waals surface area contributed by atoms with Crippen molar-refractivity contribution in [3.05, 3.63) is 95.6 Å². The van der Waals surface area contributed by atoms with Crippen molar-refractivity contribution < 1.29 is 20.1 Å². The highest BCUT2D eigenvalue weighted by molar-refractivity contribution is 5.99. The third-order valence-corrected chi connectivity index (χ3v) is 4.67. The molecule has 0 aliphatic rings. The van der Waals surface area contributed by atoms with Gasteiger partial charge < -0.3 is 15.3 Å². The highest BCUT2D eigenvalue weighted by atomic mass is 16.4. The van der Waals surface area contributed by atoms with Crippen LogP contribution in [0.1, 0.15) is 30.0 Å². The predicted octanol–water partition coefficient (Wildman–Crippen LogP) is 5.17. The van der Waals surface area contributed by atoms with Crippen LogP contribution >= 0.6 is 0 Å². The third kappa shape index (κ3) is 4.41. The van der Waals surface area contributed by atoms with Crippen LogP contribution in [0, 0.1) is 5.92 Å². The Kier molecular flexibility index (Phi) is 5.80. The maximum Gasteiger partial charge on any atom is 0.306 e. The number of allylic oxidation sites excluding steroid dienone is 1. The number of benzene rings is 3. The molecule has 3 rings (SSSR count). The molecular weight excluding hydrogens is 352 g/mol. The van der Waals surface area contributed by atoms with E-state index in [2.05, 4.69) is 0 Å². The lowest BCUT2D eigenvalue weighted by atomic mass is 9.85. The van der Waals surface area contributed by atoms with Gasteiger partial charge in [0.25, 0.3) is 0 Å². The Hall–Kier alpha value is -3.53. The van der Waals surface area contributed by atoms with E-state index in [0.717, 1.165) is 27.8 Å². The Morgan fingerprint density at radius 1 is 0.750 bits per heavy atom. The molecule has 0 saturated heterocycles. The van der Waals surface area contributed by atoms with Gasteiger partial charge in [0.05, 0.1) is 5.92 Å². The van der Waals surface area contributed by atoms with Gasteiger partial charge >= 0.3 is 5.97 Å². The van der Waals surface area contributed by atoms with E-state index in [1.54, 1.807) is 31.2 Å². The summed E-state index contributed by atoms with van der Waals surface area (Å²) in [5.74, 6) is -1.11. The Bertz CT molecular complexity index is 924. The molecule has 3 N–H and O–H groups in total. The molecule has 0 aromatic heterocycles. The molecule has 1 unspecified atom stereocenters. The van der Waals surface area contributed by atoms with Gasteiger partial charge in [0, 0.05) is 0 Å². The molecule has 4 nitrogen and oxygen atoms in total. The number of phenols is 2. The lowest BCUT2D eigenvalue weighted by Crippen LogP contribution is -2.11. The fourth-order valence-electron chi connectivity index (χ4n) is 3.17. The second-order valence-electron chi connectivity index (χ2n) is 6.76. The molecule has 0 heterocycles. The molecule has 0 radical (unpaired) electrons. The lowest BCUT2D eigenvalue weighted by Gasteiger charge is -2.19. The van der Waals surface area contributed by atoms with Crippen molar-refractivity contribution in [2.75, 3.05) is 0 Å². The summed E-state index contributed by atoms with van der Waals surface area (Å²) in [6.45, 7) is 1.69. The summed E-state index contributed by atoms with van der Waals surface area (Å²) in [7, 11) is 0. The maximum absolute atomic E-state index is 11.6. The van der Waals surface area contributed by atoms with Gasteiger partial charge in [-0.15, -0.1) is 0 Å². The molecule has 1 atom stereocenters. The van der Waals surface area contributed by atoms with Crippen molar-refractivity contribution in [3.63, 3.8) is 0 Å². The summed E-state index contributed by atoms with van der Waals surface area (Å²) in [6, 6.07) is 23.4. The first-order chi connectivity index (χ1) is 13.5. The summed E-state index contributed by atoms with van der Waals surface area (Å²) < 4.78 is 0. The number of aromatic hydroxyl groups is 2. The van der Waals surface area contributed by atoms with E-state index < -0.39 is 11.9 Å². The van der Waals surface area contributed by atoms with Crippen molar-refractivity contribution >= 4 is 17.1 Å². The summed E-state index contributed by atoms with van der Waals surface area (Å²) in [4.78, 5) is 11.6. The van der Waals surface area contributed by atoms with Gasteiger partial charge in [-0.2, -0.15) is 0 Å². The number of aliphatic carboxylic acids is 1. The first kappa shape index (κ1) is 19.2. The molecule has 0 amide bonds. The second kappa shape index (κ2) is 8.44. The minimum atomic E-state index is -0.857. The van der Waals surface area contributed by atoms with E-state index in [4.69, 9.17) is 0 Å². The van der Waals surface area contributed by atoms with Crippen molar-refractivity contribution in [3.8, 4) is 11.5 Å². The lowest BCUT2D eigenvalue weighted by molar-refractivity contribution is -0.140. The van der Waals surface area contributed by atoms with E-state index >= 15 is 0 Å².